The Hall–Kier alpha value is -4.22. The Kier molecular flexibility index (Phi) is 7.12. The van der Waals surface area contributed by atoms with Crippen molar-refractivity contribution in [3.8, 4) is 28.6 Å². The van der Waals surface area contributed by atoms with E-state index in [1.807, 2.05) is 11.0 Å². The second-order valence-corrected chi connectivity index (χ2v) is 8.59. The highest BCUT2D eigenvalue weighted by Crippen LogP contribution is 2.33. The van der Waals surface area contributed by atoms with Crippen molar-refractivity contribution in [1.29, 1.82) is 5.26 Å². The molecule has 0 aromatic carbocycles. The van der Waals surface area contributed by atoms with Gasteiger partial charge in [0.15, 0.2) is 5.82 Å². The van der Waals surface area contributed by atoms with Crippen molar-refractivity contribution >= 4 is 17.7 Å². The number of anilines is 2. The summed E-state index contributed by atoms with van der Waals surface area (Å²) >= 11 is 0. The molecule has 0 bridgehead atoms. The molecule has 0 aliphatic carbocycles. The van der Waals surface area contributed by atoms with Crippen LogP contribution in [0.3, 0.4) is 0 Å². The van der Waals surface area contributed by atoms with Gasteiger partial charge < -0.3 is 24.7 Å². The summed E-state index contributed by atoms with van der Waals surface area (Å²) in [7, 11) is 0. The molecule has 0 spiro atoms. The van der Waals surface area contributed by atoms with Gasteiger partial charge in [-0.1, -0.05) is 0 Å². The zero-order valence-electron chi connectivity index (χ0n) is 20.1. The van der Waals surface area contributed by atoms with Crippen LogP contribution in [0.15, 0.2) is 36.8 Å². The number of ether oxygens (including phenoxy) is 1. The molecule has 2 aliphatic heterocycles. The smallest absolute Gasteiger partial charge is 0.378 e. The summed E-state index contributed by atoms with van der Waals surface area (Å²) in [4.78, 5) is 33.6. The largest absolute Gasteiger partial charge is 0.493 e. The molecule has 1 N–H and O–H groups in total. The molecule has 0 radical (unpaired) electrons. The van der Waals surface area contributed by atoms with Crippen LogP contribution in [0, 0.1) is 11.3 Å². The first kappa shape index (κ1) is 25.4. The van der Waals surface area contributed by atoms with Gasteiger partial charge in [-0.3, -0.25) is 4.98 Å². The standard InChI is InChI=1S/C24H23F3N8O3/c25-24(26,27)22(36)38-35-20(12-17(13-28)21(35)33-5-3-29-4-6-33)16-1-2-30-19(11-16)18-14-31-23(32-15-18)34-7-9-37-10-8-34/h1-2,11-12,14-15,29H,3-10H2. The van der Waals surface area contributed by atoms with Crippen LogP contribution in [0.5, 0.6) is 0 Å². The minimum Gasteiger partial charge on any atom is -0.378 e. The van der Waals surface area contributed by atoms with E-state index < -0.39 is 12.1 Å². The molecule has 3 aromatic heterocycles. The SMILES string of the molecule is N#Cc1cc(-c2ccnc(-c3cnc(N4CCOCC4)nc3)c2)n(OC(=O)C(F)(F)F)c1N1CCNCC1. The van der Waals surface area contributed by atoms with Gasteiger partial charge in [-0.05, 0) is 18.2 Å². The molecule has 0 saturated carbocycles. The normalized spacial score (nSPS) is 16.3. The minimum atomic E-state index is -5.22. The Morgan fingerprint density at radius 3 is 2.39 bits per heavy atom. The van der Waals surface area contributed by atoms with Crippen LogP contribution in [0.4, 0.5) is 24.9 Å². The number of pyridine rings is 1. The Bertz CT molecular complexity index is 1340. The molecule has 5 heterocycles. The van der Waals surface area contributed by atoms with Crippen LogP contribution in [-0.2, 0) is 9.53 Å². The van der Waals surface area contributed by atoms with Crippen LogP contribution in [-0.4, -0.2) is 84.3 Å². The number of hydrogen-bond acceptors (Lipinski definition) is 10. The number of rotatable bonds is 5. The second kappa shape index (κ2) is 10.6. The average Bonchev–Trinajstić information content (AvgIpc) is 3.32. The van der Waals surface area contributed by atoms with Gasteiger partial charge in [0.05, 0.1) is 30.2 Å². The number of carbonyl (C=O) groups is 1. The van der Waals surface area contributed by atoms with Gasteiger partial charge in [-0.2, -0.15) is 23.2 Å². The third kappa shape index (κ3) is 5.24. The minimum absolute atomic E-state index is 0.0773. The maximum Gasteiger partial charge on any atom is 0.493 e. The zero-order valence-corrected chi connectivity index (χ0v) is 20.1. The van der Waals surface area contributed by atoms with Crippen molar-refractivity contribution in [3.63, 3.8) is 0 Å². The molecule has 38 heavy (non-hydrogen) atoms. The highest BCUT2D eigenvalue weighted by Gasteiger charge is 2.43. The molecule has 3 aromatic rings. The molecule has 2 aliphatic rings. The van der Waals surface area contributed by atoms with Crippen molar-refractivity contribution in [1.82, 2.24) is 25.0 Å². The number of halogens is 3. The molecule has 5 rings (SSSR count). The molecular formula is C24H23F3N8O3. The fourth-order valence-electron chi connectivity index (χ4n) is 4.30. The molecule has 2 fully saturated rings. The van der Waals surface area contributed by atoms with E-state index >= 15 is 0 Å². The number of aromatic nitrogens is 4. The molecular weight excluding hydrogens is 505 g/mol. The van der Waals surface area contributed by atoms with Crippen LogP contribution in [0.25, 0.3) is 22.5 Å². The van der Waals surface area contributed by atoms with Crippen LogP contribution in [0.2, 0.25) is 0 Å². The van der Waals surface area contributed by atoms with Gasteiger partial charge in [0.25, 0.3) is 0 Å². The predicted octanol–water partition coefficient (Wildman–Crippen LogP) is 1.64. The summed E-state index contributed by atoms with van der Waals surface area (Å²) in [5, 5.41) is 12.9. The number of nitrogens with zero attached hydrogens (tertiary/aromatic N) is 7. The fraction of sp³-hybridized carbons (Fsp3) is 0.375. The Labute approximate surface area is 215 Å². The second-order valence-electron chi connectivity index (χ2n) is 8.59. The van der Waals surface area contributed by atoms with E-state index in [4.69, 9.17) is 9.57 Å². The molecule has 0 atom stereocenters. The van der Waals surface area contributed by atoms with Gasteiger partial charge in [0.2, 0.25) is 5.95 Å². The lowest BCUT2D eigenvalue weighted by Gasteiger charge is -2.30. The first-order chi connectivity index (χ1) is 18.3. The lowest BCUT2D eigenvalue weighted by atomic mass is 10.1. The van der Waals surface area contributed by atoms with E-state index in [9.17, 15) is 23.2 Å². The number of morpholine rings is 1. The lowest BCUT2D eigenvalue weighted by Crippen LogP contribution is -2.45. The van der Waals surface area contributed by atoms with Crippen molar-refractivity contribution in [2.45, 2.75) is 6.18 Å². The summed E-state index contributed by atoms with van der Waals surface area (Å²) < 4.78 is 45.7. The Balaban J connectivity index is 1.53. The Morgan fingerprint density at radius 1 is 1.03 bits per heavy atom. The van der Waals surface area contributed by atoms with Crippen LogP contribution >= 0.6 is 0 Å². The highest BCUT2D eigenvalue weighted by atomic mass is 19.4. The molecule has 0 amide bonds. The highest BCUT2D eigenvalue weighted by molar-refractivity contribution is 5.79. The molecule has 2 saturated heterocycles. The first-order valence-corrected chi connectivity index (χ1v) is 11.9. The van der Waals surface area contributed by atoms with Gasteiger partial charge in [-0.25, -0.2) is 14.8 Å². The molecule has 0 unspecified atom stereocenters. The van der Waals surface area contributed by atoms with Gasteiger partial charge in [0, 0.05) is 69.0 Å². The van der Waals surface area contributed by atoms with Crippen molar-refractivity contribution < 1.29 is 27.5 Å². The monoisotopic (exact) mass is 528 g/mol. The zero-order chi connectivity index (χ0) is 26.7. The van der Waals surface area contributed by atoms with Crippen molar-refractivity contribution in [3.05, 3.63) is 42.4 Å². The summed E-state index contributed by atoms with van der Waals surface area (Å²) in [6, 6.07) is 6.59. The van der Waals surface area contributed by atoms with Crippen LogP contribution < -0.4 is 20.0 Å². The number of carbonyl (C=O) groups excluding carboxylic acids is 1. The molecule has 14 heteroatoms. The summed E-state index contributed by atoms with van der Waals surface area (Å²) in [6.45, 7) is 4.47. The van der Waals surface area contributed by atoms with E-state index in [1.165, 1.54) is 12.3 Å². The van der Waals surface area contributed by atoms with E-state index in [1.54, 1.807) is 29.4 Å². The number of hydrogen-bond donors (Lipinski definition) is 1. The average molecular weight is 528 g/mol. The Morgan fingerprint density at radius 2 is 1.74 bits per heavy atom. The number of piperazine rings is 1. The summed E-state index contributed by atoms with van der Waals surface area (Å²) in [6.07, 6.45) is -0.531. The van der Waals surface area contributed by atoms with Gasteiger partial charge in [-0.15, -0.1) is 0 Å². The third-order valence-corrected chi connectivity index (χ3v) is 6.16. The fourth-order valence-corrected chi connectivity index (χ4v) is 4.30. The number of nitrogens with one attached hydrogen (secondary N) is 1. The van der Waals surface area contributed by atoms with E-state index in [-0.39, 0.29) is 17.1 Å². The molecule has 11 nitrogen and oxygen atoms in total. The number of alkyl halides is 3. The number of nitriles is 1. The van der Waals surface area contributed by atoms with E-state index in [2.05, 4.69) is 20.3 Å². The first-order valence-electron chi connectivity index (χ1n) is 11.9. The maximum absolute atomic E-state index is 13.2. The topological polar surface area (TPSA) is 121 Å². The molecule has 198 valence electrons. The lowest BCUT2D eigenvalue weighted by molar-refractivity contribution is -0.199. The van der Waals surface area contributed by atoms with Crippen molar-refractivity contribution in [2.75, 3.05) is 62.3 Å². The maximum atomic E-state index is 13.2. The quantitative estimate of drug-likeness (QED) is 0.523. The van der Waals surface area contributed by atoms with Gasteiger partial charge >= 0.3 is 12.1 Å². The van der Waals surface area contributed by atoms with Crippen molar-refractivity contribution in [2.24, 2.45) is 0 Å². The van der Waals surface area contributed by atoms with Crippen LogP contribution in [0.1, 0.15) is 5.56 Å². The predicted molar refractivity (Wildman–Crippen MR) is 129 cm³/mol. The third-order valence-electron chi connectivity index (χ3n) is 6.16. The summed E-state index contributed by atoms with van der Waals surface area (Å²) in [5.41, 5.74) is 1.60. The summed E-state index contributed by atoms with van der Waals surface area (Å²) in [5.74, 6) is -1.75. The van der Waals surface area contributed by atoms with E-state index in [0.717, 1.165) is 4.73 Å². The van der Waals surface area contributed by atoms with Gasteiger partial charge in [0.1, 0.15) is 6.07 Å². The van der Waals surface area contributed by atoms with E-state index in [0.29, 0.717) is 75.3 Å².